The van der Waals surface area contributed by atoms with Gasteiger partial charge in [-0.05, 0) is 51.6 Å². The highest BCUT2D eigenvalue weighted by Gasteiger charge is 2.37. The second kappa shape index (κ2) is 10.1. The topological polar surface area (TPSA) is 80.1 Å². The van der Waals surface area contributed by atoms with E-state index in [-0.39, 0.29) is 11.1 Å². The minimum Gasteiger partial charge on any atom is -0.380 e. The van der Waals surface area contributed by atoms with Crippen molar-refractivity contribution in [3.63, 3.8) is 0 Å². The van der Waals surface area contributed by atoms with Crippen LogP contribution in [-0.2, 0) is 35.1 Å². The largest absolute Gasteiger partial charge is 0.380 e. The van der Waals surface area contributed by atoms with Gasteiger partial charge in [0.25, 0.3) is 0 Å². The highest BCUT2D eigenvalue weighted by atomic mass is 16.5. The van der Waals surface area contributed by atoms with Crippen LogP contribution in [0, 0.1) is 0 Å². The Morgan fingerprint density at radius 1 is 0.892 bits per heavy atom. The molecule has 2 N–H and O–H groups in total. The maximum absolute atomic E-state index is 12.4. The SMILES string of the molecule is CC(C)(C)c1ccc(Cn2nc(CCCc3ccc(-c4ccc(C5(O)COC5)cc4)cc3)[nH]c2=O)cc1. The van der Waals surface area contributed by atoms with Crippen LogP contribution in [0.3, 0.4) is 0 Å². The van der Waals surface area contributed by atoms with Gasteiger partial charge >= 0.3 is 5.69 Å². The molecule has 1 fully saturated rings. The Morgan fingerprint density at radius 2 is 1.49 bits per heavy atom. The molecule has 5 rings (SSSR count). The third-order valence-electron chi connectivity index (χ3n) is 7.15. The molecule has 1 saturated heterocycles. The van der Waals surface area contributed by atoms with E-state index in [4.69, 9.17) is 4.74 Å². The number of aliphatic hydroxyl groups is 1. The summed E-state index contributed by atoms with van der Waals surface area (Å²) in [4.78, 5) is 15.3. The van der Waals surface area contributed by atoms with Gasteiger partial charge < -0.3 is 9.84 Å². The summed E-state index contributed by atoms with van der Waals surface area (Å²) in [5, 5.41) is 14.9. The predicted molar refractivity (Wildman–Crippen MR) is 146 cm³/mol. The molecule has 0 amide bonds. The van der Waals surface area contributed by atoms with Crippen LogP contribution in [0.4, 0.5) is 0 Å². The van der Waals surface area contributed by atoms with Gasteiger partial charge in [-0.1, -0.05) is 93.6 Å². The van der Waals surface area contributed by atoms with Gasteiger partial charge in [0.15, 0.2) is 0 Å². The van der Waals surface area contributed by atoms with Crippen LogP contribution in [0.15, 0.2) is 77.6 Å². The molecule has 6 nitrogen and oxygen atoms in total. The number of ether oxygens (including phenoxy) is 1. The van der Waals surface area contributed by atoms with E-state index in [1.54, 1.807) is 0 Å². The number of rotatable bonds is 8. The zero-order valence-electron chi connectivity index (χ0n) is 21.8. The number of aryl methyl sites for hydroxylation is 2. The molecule has 2 heterocycles. The molecule has 6 heteroatoms. The summed E-state index contributed by atoms with van der Waals surface area (Å²) in [5.74, 6) is 0.728. The number of nitrogens with zero attached hydrogens (tertiary/aromatic N) is 2. The normalized spacial score (nSPS) is 14.9. The van der Waals surface area contributed by atoms with Gasteiger partial charge in [0.1, 0.15) is 11.4 Å². The maximum atomic E-state index is 12.4. The molecule has 0 aliphatic carbocycles. The fraction of sp³-hybridized carbons (Fsp3) is 0.355. The van der Waals surface area contributed by atoms with E-state index in [1.807, 2.05) is 24.3 Å². The molecular formula is C31H35N3O3. The van der Waals surface area contributed by atoms with Crippen molar-refractivity contribution in [3.8, 4) is 11.1 Å². The Bertz CT molecular complexity index is 1390. The summed E-state index contributed by atoms with van der Waals surface area (Å²) < 4.78 is 6.66. The molecule has 0 bridgehead atoms. The van der Waals surface area contributed by atoms with E-state index in [0.717, 1.165) is 47.3 Å². The van der Waals surface area contributed by atoms with Gasteiger partial charge in [-0.25, -0.2) is 9.48 Å². The first kappa shape index (κ1) is 25.2. The first-order valence-corrected chi connectivity index (χ1v) is 13.0. The third kappa shape index (κ3) is 5.76. The molecule has 1 aliphatic rings. The molecule has 1 aromatic heterocycles. The average molecular weight is 498 g/mol. The molecular weight excluding hydrogens is 462 g/mol. The first-order chi connectivity index (χ1) is 17.7. The number of nitrogens with one attached hydrogen (secondary N) is 1. The van der Waals surface area contributed by atoms with Crippen molar-refractivity contribution in [2.45, 2.75) is 57.6 Å². The van der Waals surface area contributed by atoms with Crippen molar-refractivity contribution in [3.05, 3.63) is 111 Å². The Hall–Kier alpha value is -3.48. The lowest BCUT2D eigenvalue weighted by molar-refractivity contribution is -0.184. The monoisotopic (exact) mass is 497 g/mol. The van der Waals surface area contributed by atoms with E-state index in [2.05, 4.69) is 79.4 Å². The quantitative estimate of drug-likeness (QED) is 0.360. The van der Waals surface area contributed by atoms with E-state index < -0.39 is 5.60 Å². The van der Waals surface area contributed by atoms with Gasteiger partial charge in [0.05, 0.1) is 19.8 Å². The smallest absolute Gasteiger partial charge is 0.343 e. The number of aromatic nitrogens is 3. The van der Waals surface area contributed by atoms with Crippen LogP contribution in [0.5, 0.6) is 0 Å². The lowest BCUT2D eigenvalue weighted by Crippen LogP contribution is -2.46. The average Bonchev–Trinajstić information content (AvgIpc) is 3.21. The molecule has 0 spiro atoms. The lowest BCUT2D eigenvalue weighted by atomic mass is 9.87. The minimum atomic E-state index is -0.833. The highest BCUT2D eigenvalue weighted by molar-refractivity contribution is 5.64. The van der Waals surface area contributed by atoms with Crippen LogP contribution in [0.25, 0.3) is 11.1 Å². The fourth-order valence-electron chi connectivity index (χ4n) is 4.67. The van der Waals surface area contributed by atoms with Gasteiger partial charge in [-0.2, -0.15) is 5.10 Å². The van der Waals surface area contributed by atoms with Crippen LogP contribution in [0.2, 0.25) is 0 Å². The van der Waals surface area contributed by atoms with E-state index in [9.17, 15) is 9.90 Å². The molecule has 0 saturated carbocycles. The number of hydrogen-bond donors (Lipinski definition) is 2. The van der Waals surface area contributed by atoms with Crippen molar-refractivity contribution < 1.29 is 9.84 Å². The van der Waals surface area contributed by atoms with Crippen molar-refractivity contribution in [1.29, 1.82) is 0 Å². The molecule has 4 aromatic rings. The molecule has 0 unspecified atom stereocenters. The van der Waals surface area contributed by atoms with Crippen LogP contribution >= 0.6 is 0 Å². The summed E-state index contributed by atoms with van der Waals surface area (Å²) in [7, 11) is 0. The fourth-order valence-corrected chi connectivity index (χ4v) is 4.67. The number of hydrogen-bond acceptors (Lipinski definition) is 4. The first-order valence-electron chi connectivity index (χ1n) is 13.0. The molecule has 192 valence electrons. The minimum absolute atomic E-state index is 0.107. The molecule has 1 aliphatic heterocycles. The second-order valence-corrected chi connectivity index (χ2v) is 11.1. The molecule has 37 heavy (non-hydrogen) atoms. The molecule has 0 atom stereocenters. The summed E-state index contributed by atoms with van der Waals surface area (Å²) in [5.41, 5.74) is 5.87. The van der Waals surface area contributed by atoms with E-state index >= 15 is 0 Å². The maximum Gasteiger partial charge on any atom is 0.343 e. The van der Waals surface area contributed by atoms with Gasteiger partial charge in [-0.15, -0.1) is 0 Å². The number of H-pyrrole nitrogens is 1. The summed E-state index contributed by atoms with van der Waals surface area (Å²) in [6.45, 7) is 7.77. The van der Waals surface area contributed by atoms with Crippen LogP contribution in [0.1, 0.15) is 55.3 Å². The van der Waals surface area contributed by atoms with Gasteiger partial charge in [0.2, 0.25) is 0 Å². The zero-order chi connectivity index (χ0) is 26.0. The molecule has 3 aromatic carbocycles. The Kier molecular flexibility index (Phi) is 6.88. The van der Waals surface area contributed by atoms with Crippen LogP contribution < -0.4 is 5.69 Å². The standard InChI is InChI=1S/C31H35N3O3/c1-30(2,3)26-15-9-23(10-16-26)19-34-29(35)32-28(33-34)6-4-5-22-7-11-24(12-8-22)25-13-17-27(18-14-25)31(36)20-37-21-31/h7-18,36H,4-6,19-21H2,1-3H3,(H,32,33,35). The Labute approximate surface area is 218 Å². The highest BCUT2D eigenvalue weighted by Crippen LogP contribution is 2.31. The number of aromatic amines is 1. The van der Waals surface area contributed by atoms with E-state index in [0.29, 0.717) is 19.8 Å². The number of benzene rings is 3. The summed E-state index contributed by atoms with van der Waals surface area (Å²) >= 11 is 0. The lowest BCUT2D eigenvalue weighted by Gasteiger charge is -2.36. The van der Waals surface area contributed by atoms with Crippen molar-refractivity contribution in [2.24, 2.45) is 0 Å². The van der Waals surface area contributed by atoms with Gasteiger partial charge in [0, 0.05) is 6.42 Å². The summed E-state index contributed by atoms with van der Waals surface area (Å²) in [6.07, 6.45) is 2.54. The van der Waals surface area contributed by atoms with Crippen LogP contribution in [-0.4, -0.2) is 33.1 Å². The zero-order valence-corrected chi connectivity index (χ0v) is 21.8. The Balaban J connectivity index is 1.14. The molecule has 0 radical (unpaired) electrons. The second-order valence-electron chi connectivity index (χ2n) is 11.1. The Morgan fingerprint density at radius 3 is 2.05 bits per heavy atom. The van der Waals surface area contributed by atoms with Gasteiger partial charge in [-0.3, -0.25) is 4.98 Å². The van der Waals surface area contributed by atoms with Crippen molar-refractivity contribution >= 4 is 0 Å². The van der Waals surface area contributed by atoms with Crippen molar-refractivity contribution in [2.75, 3.05) is 13.2 Å². The summed E-state index contributed by atoms with van der Waals surface area (Å²) in [6, 6.07) is 25.0. The van der Waals surface area contributed by atoms with E-state index in [1.165, 1.54) is 15.8 Å². The third-order valence-corrected chi connectivity index (χ3v) is 7.15. The van der Waals surface area contributed by atoms with Crippen molar-refractivity contribution in [1.82, 2.24) is 14.8 Å². The predicted octanol–water partition coefficient (Wildman–Crippen LogP) is 4.98.